The number of hydrogen-bond acceptors (Lipinski definition) is 5. The first kappa shape index (κ1) is 13.0. The van der Waals surface area contributed by atoms with Gasteiger partial charge in [0, 0.05) is 6.42 Å². The number of carbonyl (C=O) groups is 2. The van der Waals surface area contributed by atoms with Gasteiger partial charge in [-0.2, -0.15) is 13.1 Å². The number of amides is 1. The third-order valence-corrected chi connectivity index (χ3v) is 1.77. The van der Waals surface area contributed by atoms with Gasteiger partial charge in [-0.05, 0) is 0 Å². The predicted molar refractivity (Wildman–Crippen MR) is 46.3 cm³/mol. The quantitative estimate of drug-likeness (QED) is 0.357. The minimum atomic E-state index is -4.42. The summed E-state index contributed by atoms with van der Waals surface area (Å²) in [7, 11) is -4.42. The highest BCUT2D eigenvalue weighted by Crippen LogP contribution is 1.88. The summed E-state index contributed by atoms with van der Waals surface area (Å²) in [5.74, 6) is -1.50. The van der Waals surface area contributed by atoms with Crippen molar-refractivity contribution in [2.24, 2.45) is 11.5 Å². The summed E-state index contributed by atoms with van der Waals surface area (Å²) >= 11 is 0. The van der Waals surface area contributed by atoms with Gasteiger partial charge in [0.2, 0.25) is 5.91 Å². The van der Waals surface area contributed by atoms with E-state index in [9.17, 15) is 18.0 Å². The molecule has 8 nitrogen and oxygen atoms in total. The molecule has 0 rings (SSSR count). The lowest BCUT2D eigenvalue weighted by molar-refractivity contribution is -0.124. The maximum atomic E-state index is 11.0. The molecule has 0 heterocycles. The number of nitrogens with two attached hydrogens (primary N) is 2. The zero-order chi connectivity index (χ0) is 11.4. The molecule has 14 heavy (non-hydrogen) atoms. The average molecular weight is 225 g/mol. The second-order valence-corrected chi connectivity index (χ2v) is 3.78. The van der Waals surface area contributed by atoms with Gasteiger partial charge in [0.05, 0.1) is 12.6 Å². The monoisotopic (exact) mass is 225 g/mol. The zero-order valence-corrected chi connectivity index (χ0v) is 7.95. The molecule has 0 saturated carbocycles. The summed E-state index contributed by atoms with van der Waals surface area (Å²) < 4.78 is 30.0. The van der Waals surface area contributed by atoms with Crippen LogP contribution in [0.3, 0.4) is 0 Å². The third-order valence-electron chi connectivity index (χ3n) is 1.26. The van der Waals surface area contributed by atoms with E-state index in [1.807, 2.05) is 0 Å². The Morgan fingerprint density at radius 3 is 2.29 bits per heavy atom. The van der Waals surface area contributed by atoms with Crippen molar-refractivity contribution in [1.29, 1.82) is 0 Å². The maximum absolute atomic E-state index is 11.0. The Morgan fingerprint density at radius 1 is 1.43 bits per heavy atom. The van der Waals surface area contributed by atoms with E-state index in [0.717, 1.165) is 0 Å². The molecule has 9 heteroatoms. The molecule has 0 aliphatic heterocycles. The standard InChI is InChI=1S/C5H11N3O5S/c6-3(1-5(7)10)4(9)2-8-14(11,12)13/h3,8H,1-2,6H2,(H2,7,10)(H,11,12,13)/t3-/m0/s1. The van der Waals surface area contributed by atoms with Crippen LogP contribution in [0, 0.1) is 0 Å². The second kappa shape index (κ2) is 5.00. The van der Waals surface area contributed by atoms with Gasteiger partial charge in [0.1, 0.15) is 0 Å². The number of Topliss-reactive ketones (excluding diaryl/α,β-unsaturated/α-hetero) is 1. The van der Waals surface area contributed by atoms with Crippen LogP contribution in [0.15, 0.2) is 0 Å². The van der Waals surface area contributed by atoms with Crippen molar-refractivity contribution in [2.75, 3.05) is 6.54 Å². The van der Waals surface area contributed by atoms with Crippen LogP contribution in [0.5, 0.6) is 0 Å². The molecule has 0 aromatic heterocycles. The van der Waals surface area contributed by atoms with Crippen LogP contribution in [0.4, 0.5) is 0 Å². The molecule has 0 aromatic rings. The molecular weight excluding hydrogens is 214 g/mol. The van der Waals surface area contributed by atoms with Crippen molar-refractivity contribution in [3.8, 4) is 0 Å². The Hall–Kier alpha value is -1.03. The fourth-order valence-corrected chi connectivity index (χ4v) is 0.949. The van der Waals surface area contributed by atoms with E-state index in [4.69, 9.17) is 16.0 Å². The van der Waals surface area contributed by atoms with E-state index in [-0.39, 0.29) is 6.42 Å². The molecule has 0 fully saturated rings. The van der Waals surface area contributed by atoms with Crippen molar-refractivity contribution in [2.45, 2.75) is 12.5 Å². The molecule has 0 aromatic carbocycles. The molecule has 0 radical (unpaired) electrons. The first-order chi connectivity index (χ1) is 6.22. The van der Waals surface area contributed by atoms with Gasteiger partial charge < -0.3 is 11.5 Å². The predicted octanol–water partition coefficient (Wildman–Crippen LogP) is -2.85. The van der Waals surface area contributed by atoms with E-state index in [1.165, 1.54) is 4.72 Å². The minimum absolute atomic E-state index is 0.369. The molecule has 0 unspecified atom stereocenters. The van der Waals surface area contributed by atoms with Crippen LogP contribution in [0.1, 0.15) is 6.42 Å². The van der Waals surface area contributed by atoms with Crippen molar-refractivity contribution >= 4 is 22.0 Å². The Morgan fingerprint density at radius 2 is 1.93 bits per heavy atom. The topological polar surface area (TPSA) is 153 Å². The Bertz CT molecular complexity index is 324. The highest BCUT2D eigenvalue weighted by Gasteiger charge is 2.17. The van der Waals surface area contributed by atoms with Crippen molar-refractivity contribution < 1.29 is 22.6 Å². The fraction of sp³-hybridized carbons (Fsp3) is 0.600. The van der Waals surface area contributed by atoms with Gasteiger partial charge in [-0.3, -0.25) is 14.1 Å². The zero-order valence-electron chi connectivity index (χ0n) is 7.13. The summed E-state index contributed by atoms with van der Waals surface area (Å²) in [6, 6.07) is -1.17. The van der Waals surface area contributed by atoms with Crippen LogP contribution < -0.4 is 16.2 Å². The molecule has 82 valence electrons. The number of nitrogens with one attached hydrogen (secondary N) is 1. The molecule has 1 amide bonds. The largest absolute Gasteiger partial charge is 0.370 e. The third kappa shape index (κ3) is 6.48. The number of carbonyl (C=O) groups excluding carboxylic acids is 2. The van der Waals surface area contributed by atoms with E-state index in [1.54, 1.807) is 0 Å². The van der Waals surface area contributed by atoms with Gasteiger partial charge in [-0.25, -0.2) is 0 Å². The lowest BCUT2D eigenvalue weighted by Gasteiger charge is -2.07. The summed E-state index contributed by atoms with van der Waals surface area (Å²) in [4.78, 5) is 21.3. The molecule has 1 atom stereocenters. The molecule has 0 aliphatic rings. The molecule has 0 aliphatic carbocycles. The smallest absolute Gasteiger partial charge is 0.333 e. The van der Waals surface area contributed by atoms with E-state index < -0.39 is 34.6 Å². The number of primary amides is 1. The van der Waals surface area contributed by atoms with Crippen molar-refractivity contribution in [1.82, 2.24) is 4.72 Å². The van der Waals surface area contributed by atoms with Crippen LogP contribution >= 0.6 is 0 Å². The first-order valence-corrected chi connectivity index (χ1v) is 4.95. The van der Waals surface area contributed by atoms with Gasteiger partial charge in [-0.1, -0.05) is 0 Å². The normalized spacial score (nSPS) is 13.6. The first-order valence-electron chi connectivity index (χ1n) is 3.51. The molecule has 6 N–H and O–H groups in total. The van der Waals surface area contributed by atoms with Crippen LogP contribution in [-0.2, 0) is 19.9 Å². The minimum Gasteiger partial charge on any atom is -0.370 e. The molecular formula is C5H11N3O5S. The SMILES string of the molecule is NC(=O)C[C@H](N)C(=O)CNS(=O)(=O)O. The van der Waals surface area contributed by atoms with Crippen LogP contribution in [0.2, 0.25) is 0 Å². The van der Waals surface area contributed by atoms with Crippen LogP contribution in [-0.4, -0.2) is 37.2 Å². The fourth-order valence-electron chi connectivity index (χ4n) is 0.624. The molecule has 0 bridgehead atoms. The lowest BCUT2D eigenvalue weighted by atomic mass is 10.1. The summed E-state index contributed by atoms with van der Waals surface area (Å²) in [5.41, 5.74) is 9.93. The van der Waals surface area contributed by atoms with Crippen molar-refractivity contribution in [3.05, 3.63) is 0 Å². The van der Waals surface area contributed by atoms with Gasteiger partial charge in [0.15, 0.2) is 5.78 Å². The number of ketones is 1. The van der Waals surface area contributed by atoms with E-state index in [2.05, 4.69) is 0 Å². The van der Waals surface area contributed by atoms with Gasteiger partial charge in [-0.15, -0.1) is 0 Å². The second-order valence-electron chi connectivity index (χ2n) is 2.54. The summed E-state index contributed by atoms with van der Waals surface area (Å²) in [5, 5.41) is 0. The van der Waals surface area contributed by atoms with Crippen LogP contribution in [0.25, 0.3) is 0 Å². The Kier molecular flexibility index (Phi) is 4.63. The summed E-state index contributed by atoms with van der Waals surface area (Å²) in [6.45, 7) is -0.673. The summed E-state index contributed by atoms with van der Waals surface area (Å²) in [6.07, 6.45) is -0.369. The van der Waals surface area contributed by atoms with E-state index in [0.29, 0.717) is 0 Å². The number of hydrogen-bond donors (Lipinski definition) is 4. The Labute approximate surface area is 80.5 Å². The highest BCUT2D eigenvalue weighted by atomic mass is 32.2. The highest BCUT2D eigenvalue weighted by molar-refractivity contribution is 7.83. The van der Waals surface area contributed by atoms with Gasteiger partial charge in [0.25, 0.3) is 0 Å². The Balaban J connectivity index is 4.03. The lowest BCUT2D eigenvalue weighted by Crippen LogP contribution is -2.41. The average Bonchev–Trinajstić information content (AvgIpc) is 1.97. The molecule has 0 spiro atoms. The maximum Gasteiger partial charge on any atom is 0.333 e. The van der Waals surface area contributed by atoms with E-state index >= 15 is 0 Å². The molecule has 0 saturated heterocycles. The van der Waals surface area contributed by atoms with Crippen molar-refractivity contribution in [3.63, 3.8) is 0 Å². The number of rotatable bonds is 6. The van der Waals surface area contributed by atoms with Gasteiger partial charge >= 0.3 is 10.3 Å².